The molecule has 1 atom stereocenters. The number of halogens is 1. The maximum absolute atomic E-state index is 6.04. The first-order valence-electron chi connectivity index (χ1n) is 4.74. The minimum absolute atomic E-state index is 0.00926. The van der Waals surface area contributed by atoms with Gasteiger partial charge in [0, 0.05) is 22.3 Å². The molecule has 4 N–H and O–H groups in total. The first-order chi connectivity index (χ1) is 6.57. The van der Waals surface area contributed by atoms with E-state index < -0.39 is 0 Å². The van der Waals surface area contributed by atoms with Crippen molar-refractivity contribution >= 4 is 21.7 Å². The number of nitrogen functional groups attached to an aromatic ring is 1. The van der Waals surface area contributed by atoms with Gasteiger partial charge in [-0.25, -0.2) is 4.98 Å². The second kappa shape index (κ2) is 4.75. The molecule has 1 aromatic rings. The van der Waals surface area contributed by atoms with E-state index in [1.807, 2.05) is 6.92 Å². The van der Waals surface area contributed by atoms with Crippen LogP contribution in [0.1, 0.15) is 36.9 Å². The molecule has 1 heterocycles. The average Bonchev–Trinajstić information content (AvgIpc) is 2.13. The van der Waals surface area contributed by atoms with Crippen molar-refractivity contribution < 1.29 is 0 Å². The van der Waals surface area contributed by atoms with Crippen LogP contribution in [-0.4, -0.2) is 4.98 Å². The molecular formula is C10H16BrN3. The molecule has 1 rings (SSSR count). The second-order valence-corrected chi connectivity index (χ2v) is 4.28. The van der Waals surface area contributed by atoms with Crippen LogP contribution in [0.3, 0.4) is 0 Å². The number of hydrogen-bond acceptors (Lipinski definition) is 3. The van der Waals surface area contributed by atoms with Crippen LogP contribution >= 0.6 is 15.9 Å². The maximum atomic E-state index is 6.04. The molecule has 0 saturated heterocycles. The molecular weight excluding hydrogens is 242 g/mol. The summed E-state index contributed by atoms with van der Waals surface area (Å²) in [6.07, 6.45) is 3.70. The van der Waals surface area contributed by atoms with E-state index >= 15 is 0 Å². The molecule has 0 fully saturated rings. The van der Waals surface area contributed by atoms with E-state index in [1.54, 1.807) is 6.20 Å². The van der Waals surface area contributed by atoms with Crippen LogP contribution in [0, 0.1) is 6.92 Å². The third kappa shape index (κ3) is 2.25. The fourth-order valence-corrected chi connectivity index (χ4v) is 1.85. The molecule has 1 unspecified atom stereocenters. The highest BCUT2D eigenvalue weighted by molar-refractivity contribution is 9.10. The van der Waals surface area contributed by atoms with Crippen molar-refractivity contribution in [2.75, 3.05) is 5.73 Å². The van der Waals surface area contributed by atoms with Crippen molar-refractivity contribution in [3.05, 3.63) is 21.8 Å². The molecule has 0 aliphatic rings. The van der Waals surface area contributed by atoms with Crippen LogP contribution in [0.25, 0.3) is 0 Å². The van der Waals surface area contributed by atoms with Gasteiger partial charge in [0.05, 0.1) is 0 Å². The molecule has 4 heteroatoms. The molecule has 78 valence electrons. The molecule has 1 aromatic heterocycles. The number of pyridine rings is 1. The molecule has 0 aromatic carbocycles. The van der Waals surface area contributed by atoms with Crippen molar-refractivity contribution in [3.8, 4) is 0 Å². The zero-order valence-corrected chi connectivity index (χ0v) is 10.1. The number of aromatic nitrogens is 1. The zero-order valence-electron chi connectivity index (χ0n) is 8.55. The summed E-state index contributed by atoms with van der Waals surface area (Å²) in [4.78, 5) is 4.09. The van der Waals surface area contributed by atoms with E-state index in [2.05, 4.69) is 27.8 Å². The summed E-state index contributed by atoms with van der Waals surface area (Å²) in [5.41, 5.74) is 13.9. The van der Waals surface area contributed by atoms with Gasteiger partial charge in [0.2, 0.25) is 0 Å². The van der Waals surface area contributed by atoms with Gasteiger partial charge in [-0.2, -0.15) is 0 Å². The largest absolute Gasteiger partial charge is 0.383 e. The van der Waals surface area contributed by atoms with Crippen molar-refractivity contribution in [3.63, 3.8) is 0 Å². The molecule has 0 radical (unpaired) electrons. The van der Waals surface area contributed by atoms with Gasteiger partial charge < -0.3 is 11.5 Å². The summed E-state index contributed by atoms with van der Waals surface area (Å²) in [6.45, 7) is 4.11. The summed E-state index contributed by atoms with van der Waals surface area (Å²) >= 11 is 3.43. The molecule has 0 aliphatic heterocycles. The Balaban J connectivity index is 3.11. The van der Waals surface area contributed by atoms with E-state index in [4.69, 9.17) is 11.5 Å². The molecule has 0 aliphatic carbocycles. The quantitative estimate of drug-likeness (QED) is 0.875. The lowest BCUT2D eigenvalue weighted by molar-refractivity contribution is 0.634. The Kier molecular flexibility index (Phi) is 3.89. The van der Waals surface area contributed by atoms with Gasteiger partial charge >= 0.3 is 0 Å². The first kappa shape index (κ1) is 11.5. The molecule has 0 saturated carbocycles. The van der Waals surface area contributed by atoms with E-state index in [1.165, 1.54) is 0 Å². The number of rotatable bonds is 3. The highest BCUT2D eigenvalue weighted by atomic mass is 79.9. The SMILES string of the molecule is CCCC(N)c1c(N)ncc(Br)c1C. The smallest absolute Gasteiger partial charge is 0.128 e. The van der Waals surface area contributed by atoms with Gasteiger partial charge in [-0.05, 0) is 34.8 Å². The summed E-state index contributed by atoms with van der Waals surface area (Å²) < 4.78 is 0.966. The fourth-order valence-electron chi connectivity index (χ4n) is 1.54. The Morgan fingerprint density at radius 2 is 2.21 bits per heavy atom. The van der Waals surface area contributed by atoms with Crippen LogP contribution in [0.2, 0.25) is 0 Å². The monoisotopic (exact) mass is 257 g/mol. The normalized spacial score (nSPS) is 12.9. The van der Waals surface area contributed by atoms with Gasteiger partial charge in [-0.15, -0.1) is 0 Å². The van der Waals surface area contributed by atoms with Crippen molar-refractivity contribution in [2.45, 2.75) is 32.7 Å². The number of nitrogens with two attached hydrogens (primary N) is 2. The molecule has 14 heavy (non-hydrogen) atoms. The number of nitrogens with zero attached hydrogens (tertiary/aromatic N) is 1. The van der Waals surface area contributed by atoms with Gasteiger partial charge in [0.25, 0.3) is 0 Å². The van der Waals surface area contributed by atoms with Gasteiger partial charge in [0.1, 0.15) is 5.82 Å². The lowest BCUT2D eigenvalue weighted by atomic mass is 10.00. The lowest BCUT2D eigenvalue weighted by Gasteiger charge is -2.16. The topological polar surface area (TPSA) is 64.9 Å². The van der Waals surface area contributed by atoms with Crippen LogP contribution in [0.5, 0.6) is 0 Å². The standard InChI is InChI=1S/C10H16BrN3/c1-3-4-8(12)9-6(2)7(11)5-14-10(9)13/h5,8H,3-4,12H2,1-2H3,(H2,13,14). The third-order valence-corrected chi connectivity index (χ3v) is 3.13. The van der Waals surface area contributed by atoms with Gasteiger partial charge in [-0.1, -0.05) is 13.3 Å². The minimum Gasteiger partial charge on any atom is -0.383 e. The summed E-state index contributed by atoms with van der Waals surface area (Å²) in [5.74, 6) is 0.548. The predicted molar refractivity (Wildman–Crippen MR) is 62.9 cm³/mol. The fraction of sp³-hybridized carbons (Fsp3) is 0.500. The van der Waals surface area contributed by atoms with Crippen molar-refractivity contribution in [2.24, 2.45) is 5.73 Å². The Morgan fingerprint density at radius 3 is 2.79 bits per heavy atom. The lowest BCUT2D eigenvalue weighted by Crippen LogP contribution is -2.15. The van der Waals surface area contributed by atoms with E-state index in [9.17, 15) is 0 Å². The van der Waals surface area contributed by atoms with E-state index in [0.29, 0.717) is 5.82 Å². The van der Waals surface area contributed by atoms with Gasteiger partial charge in [0.15, 0.2) is 0 Å². The molecule has 0 spiro atoms. The van der Waals surface area contributed by atoms with E-state index in [-0.39, 0.29) is 6.04 Å². The first-order valence-corrected chi connectivity index (χ1v) is 5.53. The highest BCUT2D eigenvalue weighted by Gasteiger charge is 2.14. The van der Waals surface area contributed by atoms with Crippen molar-refractivity contribution in [1.82, 2.24) is 4.98 Å². The Hall–Kier alpha value is -0.610. The average molecular weight is 258 g/mol. The van der Waals surface area contributed by atoms with Gasteiger partial charge in [-0.3, -0.25) is 0 Å². The highest BCUT2D eigenvalue weighted by Crippen LogP contribution is 2.28. The Labute approximate surface area is 93.0 Å². The maximum Gasteiger partial charge on any atom is 0.128 e. The second-order valence-electron chi connectivity index (χ2n) is 3.43. The Morgan fingerprint density at radius 1 is 1.57 bits per heavy atom. The summed E-state index contributed by atoms with van der Waals surface area (Å²) in [6, 6.07) is -0.00926. The zero-order chi connectivity index (χ0) is 10.7. The van der Waals surface area contributed by atoms with Crippen LogP contribution in [0.4, 0.5) is 5.82 Å². The molecule has 3 nitrogen and oxygen atoms in total. The minimum atomic E-state index is -0.00926. The van der Waals surface area contributed by atoms with E-state index in [0.717, 1.165) is 28.4 Å². The van der Waals surface area contributed by atoms with Crippen LogP contribution in [-0.2, 0) is 0 Å². The Bertz CT molecular complexity index is 325. The third-order valence-electron chi connectivity index (χ3n) is 2.33. The predicted octanol–water partition coefficient (Wildman–Crippen LogP) is 2.53. The number of anilines is 1. The van der Waals surface area contributed by atoms with Crippen molar-refractivity contribution in [1.29, 1.82) is 0 Å². The number of hydrogen-bond donors (Lipinski definition) is 2. The summed E-state index contributed by atoms with van der Waals surface area (Å²) in [7, 11) is 0. The molecule has 0 amide bonds. The molecule has 0 bridgehead atoms. The van der Waals surface area contributed by atoms with Crippen LogP contribution in [0.15, 0.2) is 10.7 Å². The van der Waals surface area contributed by atoms with Crippen LogP contribution < -0.4 is 11.5 Å². The summed E-state index contributed by atoms with van der Waals surface area (Å²) in [5, 5.41) is 0.